The van der Waals surface area contributed by atoms with Gasteiger partial charge in [0.2, 0.25) is 0 Å². The van der Waals surface area contributed by atoms with Crippen LogP contribution in [0, 0.1) is 5.92 Å². The maximum atomic E-state index is 4.33. The van der Waals surface area contributed by atoms with E-state index in [0.717, 1.165) is 18.1 Å². The Morgan fingerprint density at radius 2 is 2.40 bits per heavy atom. The SMILES string of the molecule is CC/C(=C/C1CC1)SCc1ccccn1. The fraction of sp³-hybridized carbons (Fsp3) is 0.462. The van der Waals surface area contributed by atoms with E-state index in [0.29, 0.717) is 0 Å². The number of thioether (sulfide) groups is 1. The molecule has 0 unspecified atom stereocenters. The minimum absolute atomic E-state index is 0.885. The van der Waals surface area contributed by atoms with Crippen molar-refractivity contribution >= 4 is 11.8 Å². The molecule has 0 bridgehead atoms. The zero-order valence-corrected chi connectivity index (χ0v) is 9.96. The standard InChI is InChI=1S/C13H17NS/c1-2-13(9-11-6-7-11)15-10-12-5-3-4-8-14-12/h3-5,8-9,11H,2,6-7,10H2,1H3/b13-9-. The Morgan fingerprint density at radius 3 is 3.00 bits per heavy atom. The van der Waals surface area contributed by atoms with Crippen molar-refractivity contribution < 1.29 is 0 Å². The van der Waals surface area contributed by atoms with Gasteiger partial charge in [0.1, 0.15) is 0 Å². The summed E-state index contributed by atoms with van der Waals surface area (Å²) >= 11 is 1.94. The van der Waals surface area contributed by atoms with E-state index < -0.39 is 0 Å². The zero-order valence-electron chi connectivity index (χ0n) is 9.15. The first-order valence-electron chi connectivity index (χ1n) is 5.62. The van der Waals surface area contributed by atoms with Gasteiger partial charge in [-0.2, -0.15) is 0 Å². The normalized spacial score (nSPS) is 16.7. The van der Waals surface area contributed by atoms with Gasteiger partial charge >= 0.3 is 0 Å². The fourth-order valence-corrected chi connectivity index (χ4v) is 2.44. The minimum atomic E-state index is 0.885. The van der Waals surface area contributed by atoms with Crippen LogP contribution in [0.15, 0.2) is 35.4 Å². The van der Waals surface area contributed by atoms with Gasteiger partial charge in [-0.15, -0.1) is 11.8 Å². The van der Waals surface area contributed by atoms with Gasteiger partial charge in [0, 0.05) is 11.9 Å². The molecule has 1 saturated carbocycles. The molecule has 80 valence electrons. The van der Waals surface area contributed by atoms with Gasteiger partial charge in [0.05, 0.1) is 5.69 Å². The van der Waals surface area contributed by atoms with Crippen LogP contribution in [-0.4, -0.2) is 4.98 Å². The van der Waals surface area contributed by atoms with Crippen LogP contribution < -0.4 is 0 Å². The third kappa shape index (κ3) is 3.71. The van der Waals surface area contributed by atoms with Crippen molar-refractivity contribution in [1.82, 2.24) is 4.98 Å². The van der Waals surface area contributed by atoms with Crippen LogP contribution in [0.5, 0.6) is 0 Å². The zero-order chi connectivity index (χ0) is 10.5. The van der Waals surface area contributed by atoms with E-state index in [1.165, 1.54) is 23.4 Å². The van der Waals surface area contributed by atoms with E-state index >= 15 is 0 Å². The Morgan fingerprint density at radius 1 is 1.53 bits per heavy atom. The third-order valence-electron chi connectivity index (χ3n) is 2.52. The van der Waals surface area contributed by atoms with Crippen LogP contribution >= 0.6 is 11.8 Å². The van der Waals surface area contributed by atoms with Crippen molar-refractivity contribution in [3.63, 3.8) is 0 Å². The Labute approximate surface area is 96.0 Å². The monoisotopic (exact) mass is 219 g/mol. The largest absolute Gasteiger partial charge is 0.260 e. The molecule has 1 nitrogen and oxygen atoms in total. The maximum Gasteiger partial charge on any atom is 0.0506 e. The molecule has 2 rings (SSSR count). The molecular formula is C13H17NS. The van der Waals surface area contributed by atoms with Crippen molar-refractivity contribution in [3.8, 4) is 0 Å². The first-order chi connectivity index (χ1) is 7.38. The molecule has 1 aromatic rings. The molecule has 0 aromatic carbocycles. The highest BCUT2D eigenvalue weighted by Crippen LogP contribution is 2.35. The van der Waals surface area contributed by atoms with Crippen LogP contribution in [-0.2, 0) is 5.75 Å². The summed E-state index contributed by atoms with van der Waals surface area (Å²) in [5.41, 5.74) is 1.18. The molecule has 2 heteroatoms. The van der Waals surface area contributed by atoms with Crippen molar-refractivity contribution in [2.24, 2.45) is 5.92 Å². The van der Waals surface area contributed by atoms with Gasteiger partial charge in [0.15, 0.2) is 0 Å². The van der Waals surface area contributed by atoms with Gasteiger partial charge in [-0.25, -0.2) is 0 Å². The number of allylic oxidation sites excluding steroid dienone is 2. The summed E-state index contributed by atoms with van der Waals surface area (Å²) in [4.78, 5) is 5.86. The number of hydrogen-bond donors (Lipinski definition) is 0. The quantitative estimate of drug-likeness (QED) is 0.742. The summed E-state index contributed by atoms with van der Waals surface area (Å²) in [5, 5.41) is 0. The van der Waals surface area contributed by atoms with Crippen LogP contribution in [0.3, 0.4) is 0 Å². The number of rotatable bonds is 5. The Hall–Kier alpha value is -0.760. The summed E-state index contributed by atoms with van der Waals surface area (Å²) in [5.74, 6) is 1.89. The predicted octanol–water partition coefficient (Wildman–Crippen LogP) is 4.02. The highest BCUT2D eigenvalue weighted by Gasteiger charge is 2.18. The van der Waals surface area contributed by atoms with Crippen LogP contribution in [0.2, 0.25) is 0 Å². The first kappa shape index (κ1) is 10.7. The van der Waals surface area contributed by atoms with E-state index in [4.69, 9.17) is 0 Å². The first-order valence-corrected chi connectivity index (χ1v) is 6.60. The molecular weight excluding hydrogens is 202 g/mol. The van der Waals surface area contributed by atoms with Crippen LogP contribution in [0.1, 0.15) is 31.9 Å². The van der Waals surface area contributed by atoms with E-state index in [2.05, 4.69) is 30.1 Å². The minimum Gasteiger partial charge on any atom is -0.260 e. The van der Waals surface area contributed by atoms with Gasteiger partial charge in [0.25, 0.3) is 0 Å². The summed E-state index contributed by atoms with van der Waals surface area (Å²) in [6, 6.07) is 6.12. The summed E-state index contributed by atoms with van der Waals surface area (Å²) in [6.07, 6.45) is 8.27. The molecule has 1 fully saturated rings. The lowest BCUT2D eigenvalue weighted by Gasteiger charge is -2.03. The number of aromatic nitrogens is 1. The Balaban J connectivity index is 1.85. The Kier molecular flexibility index (Phi) is 3.84. The average Bonchev–Trinajstić information content (AvgIpc) is 3.09. The molecule has 0 spiro atoms. The molecule has 0 N–H and O–H groups in total. The van der Waals surface area contributed by atoms with Crippen molar-refractivity contribution in [2.45, 2.75) is 31.9 Å². The summed E-state index contributed by atoms with van der Waals surface area (Å²) in [7, 11) is 0. The summed E-state index contributed by atoms with van der Waals surface area (Å²) in [6.45, 7) is 2.24. The van der Waals surface area contributed by atoms with Crippen molar-refractivity contribution in [2.75, 3.05) is 0 Å². The molecule has 0 atom stereocenters. The molecule has 1 aliphatic carbocycles. The Bertz CT molecular complexity index is 328. The highest BCUT2D eigenvalue weighted by atomic mass is 32.2. The second-order valence-electron chi connectivity index (χ2n) is 3.93. The fourth-order valence-electron chi connectivity index (χ4n) is 1.44. The van der Waals surface area contributed by atoms with Gasteiger partial charge in [-0.05, 0) is 42.2 Å². The topological polar surface area (TPSA) is 12.9 Å². The van der Waals surface area contributed by atoms with E-state index in [9.17, 15) is 0 Å². The third-order valence-corrected chi connectivity index (χ3v) is 3.76. The highest BCUT2D eigenvalue weighted by molar-refractivity contribution is 8.02. The van der Waals surface area contributed by atoms with E-state index in [1.807, 2.05) is 24.0 Å². The second-order valence-corrected chi connectivity index (χ2v) is 5.04. The van der Waals surface area contributed by atoms with Crippen molar-refractivity contribution in [1.29, 1.82) is 0 Å². The smallest absolute Gasteiger partial charge is 0.0506 e. The molecule has 0 amide bonds. The lowest BCUT2D eigenvalue weighted by molar-refractivity contribution is 1.07. The van der Waals surface area contributed by atoms with E-state index in [-0.39, 0.29) is 0 Å². The number of hydrogen-bond acceptors (Lipinski definition) is 2. The lowest BCUT2D eigenvalue weighted by atomic mass is 10.3. The van der Waals surface area contributed by atoms with Crippen LogP contribution in [0.4, 0.5) is 0 Å². The predicted molar refractivity (Wildman–Crippen MR) is 66.6 cm³/mol. The molecule has 1 aromatic heterocycles. The molecule has 1 aliphatic rings. The van der Waals surface area contributed by atoms with E-state index in [1.54, 1.807) is 0 Å². The molecule has 0 radical (unpaired) electrons. The molecule has 1 heterocycles. The van der Waals surface area contributed by atoms with Crippen molar-refractivity contribution in [3.05, 3.63) is 41.1 Å². The van der Waals surface area contributed by atoms with Crippen LogP contribution in [0.25, 0.3) is 0 Å². The molecule has 0 saturated heterocycles. The molecule has 15 heavy (non-hydrogen) atoms. The number of nitrogens with zero attached hydrogens (tertiary/aromatic N) is 1. The van der Waals surface area contributed by atoms with Gasteiger partial charge < -0.3 is 0 Å². The number of pyridine rings is 1. The maximum absolute atomic E-state index is 4.33. The second kappa shape index (κ2) is 5.36. The average molecular weight is 219 g/mol. The lowest BCUT2D eigenvalue weighted by Crippen LogP contribution is -1.85. The van der Waals surface area contributed by atoms with Gasteiger partial charge in [-0.3, -0.25) is 4.98 Å². The molecule has 0 aliphatic heterocycles. The van der Waals surface area contributed by atoms with Gasteiger partial charge in [-0.1, -0.05) is 19.1 Å². The summed E-state index contributed by atoms with van der Waals surface area (Å²) < 4.78 is 0.